The quantitative estimate of drug-likeness (QED) is 0.572. The summed E-state index contributed by atoms with van der Waals surface area (Å²) in [6.07, 6.45) is 2.96. The van der Waals surface area contributed by atoms with Gasteiger partial charge in [0.2, 0.25) is 5.16 Å². The van der Waals surface area contributed by atoms with E-state index >= 15 is 0 Å². The van der Waals surface area contributed by atoms with Gasteiger partial charge in [-0.25, -0.2) is 4.98 Å². The van der Waals surface area contributed by atoms with Crippen molar-refractivity contribution >= 4 is 35.0 Å². The van der Waals surface area contributed by atoms with Crippen LogP contribution in [0.3, 0.4) is 0 Å². The van der Waals surface area contributed by atoms with E-state index in [0.717, 1.165) is 24.6 Å². The minimum absolute atomic E-state index is 0.125. The number of aromatic amines is 1. The lowest BCUT2D eigenvalue weighted by atomic mass is 10.0. The number of H-pyrrole nitrogens is 1. The number of nitrogens with one attached hydrogen (secondary N) is 1. The molecule has 1 aromatic heterocycles. The molecule has 3 rings (SSSR count). The highest BCUT2D eigenvalue weighted by Crippen LogP contribution is 2.29. The summed E-state index contributed by atoms with van der Waals surface area (Å²) in [5.41, 5.74) is 1.13. The molecule has 27 heavy (non-hydrogen) atoms. The van der Waals surface area contributed by atoms with E-state index < -0.39 is 11.9 Å². The zero-order chi connectivity index (χ0) is 19.4. The molecule has 1 aromatic carbocycles. The largest absolute Gasteiger partial charge is 0.544 e. The third-order valence-electron chi connectivity index (χ3n) is 3.90. The van der Waals surface area contributed by atoms with Crippen LogP contribution in [0.2, 0.25) is 0 Å². The number of carboxylic acids is 1. The normalized spacial score (nSPS) is 17.3. The van der Waals surface area contributed by atoms with Crippen molar-refractivity contribution in [2.45, 2.75) is 31.8 Å². The topological polar surface area (TPSA) is 114 Å². The van der Waals surface area contributed by atoms with E-state index in [1.165, 1.54) is 11.1 Å². The first-order chi connectivity index (χ1) is 13.0. The first kappa shape index (κ1) is 18.8. The van der Waals surface area contributed by atoms with Gasteiger partial charge in [-0.3, -0.25) is 9.89 Å². The molecular formula is C18H18N5O3S-. The molecule has 9 heteroatoms. The Morgan fingerprint density at radius 2 is 2.11 bits per heavy atom. The van der Waals surface area contributed by atoms with Crippen LogP contribution in [-0.4, -0.2) is 32.8 Å². The minimum Gasteiger partial charge on any atom is -0.544 e. The highest BCUT2D eigenvalue weighted by atomic mass is 32.2. The summed E-state index contributed by atoms with van der Waals surface area (Å²) >= 11 is 0.851. The van der Waals surface area contributed by atoms with Crippen molar-refractivity contribution < 1.29 is 14.7 Å². The lowest BCUT2D eigenvalue weighted by molar-refractivity contribution is -0.298. The molecule has 8 nitrogen and oxygen atoms in total. The SMILES string of the molecule is CCCc1nc(S/C(=C\[C@H]2C(=O)N(c3ccccc3)N=C2C)C(=O)[O-])n[nH]1. The number of thioether (sulfide) groups is 1. The molecule has 1 N–H and O–H groups in total. The van der Waals surface area contributed by atoms with Gasteiger partial charge < -0.3 is 9.90 Å². The Morgan fingerprint density at radius 3 is 2.78 bits per heavy atom. The number of carbonyl (C=O) groups excluding carboxylic acids is 2. The Kier molecular flexibility index (Phi) is 5.70. The minimum atomic E-state index is -1.39. The first-order valence-electron chi connectivity index (χ1n) is 8.46. The summed E-state index contributed by atoms with van der Waals surface area (Å²) in [6, 6.07) is 8.97. The summed E-state index contributed by atoms with van der Waals surface area (Å²) in [6.45, 7) is 3.69. The summed E-state index contributed by atoms with van der Waals surface area (Å²) in [5, 5.41) is 24.1. The van der Waals surface area contributed by atoms with E-state index in [0.29, 0.717) is 17.2 Å². The zero-order valence-electron chi connectivity index (χ0n) is 14.9. The van der Waals surface area contributed by atoms with Crippen LogP contribution in [0.5, 0.6) is 0 Å². The van der Waals surface area contributed by atoms with Crippen LogP contribution in [0.15, 0.2) is 51.6 Å². The second-order valence-corrected chi connectivity index (χ2v) is 6.95. The van der Waals surface area contributed by atoms with Crippen LogP contribution < -0.4 is 10.1 Å². The molecule has 0 radical (unpaired) electrons. The summed E-state index contributed by atoms with van der Waals surface area (Å²) in [5.74, 6) is -1.80. The number of anilines is 1. The Hall–Kier alpha value is -2.94. The maximum Gasteiger partial charge on any atom is 0.260 e. The van der Waals surface area contributed by atoms with Gasteiger partial charge in [0.1, 0.15) is 5.82 Å². The molecule has 0 spiro atoms. The summed E-state index contributed by atoms with van der Waals surface area (Å²) < 4.78 is 0. The fourth-order valence-corrected chi connectivity index (χ4v) is 3.32. The summed E-state index contributed by atoms with van der Waals surface area (Å²) in [4.78, 5) is 28.4. The number of hydrogen-bond acceptors (Lipinski definition) is 7. The van der Waals surface area contributed by atoms with Gasteiger partial charge in [-0.05, 0) is 37.2 Å². The van der Waals surface area contributed by atoms with Crippen molar-refractivity contribution in [2.24, 2.45) is 11.0 Å². The Morgan fingerprint density at radius 1 is 1.37 bits per heavy atom. The Labute approximate surface area is 160 Å². The molecule has 140 valence electrons. The smallest absolute Gasteiger partial charge is 0.260 e. The standard InChI is InChI=1S/C18H19N5O3S/c1-3-7-15-19-18(21-20-15)27-14(17(25)26)10-13-11(2)22-23(16(13)24)12-8-5-4-6-9-12/h4-6,8-10,13H,3,7H2,1-2H3,(H,25,26)(H,19,20,21)/p-1/b14-10-/t13-/m1/s1. The van der Waals surface area contributed by atoms with E-state index in [4.69, 9.17) is 0 Å². The van der Waals surface area contributed by atoms with Crippen molar-refractivity contribution in [3.63, 3.8) is 0 Å². The maximum absolute atomic E-state index is 12.7. The fraction of sp³-hybridized carbons (Fsp3) is 0.278. The fourth-order valence-electron chi connectivity index (χ4n) is 2.59. The second kappa shape index (κ2) is 8.17. The molecule has 0 fully saturated rings. The molecule has 2 aromatic rings. The van der Waals surface area contributed by atoms with E-state index in [9.17, 15) is 14.7 Å². The van der Waals surface area contributed by atoms with Crippen LogP contribution in [0, 0.1) is 5.92 Å². The number of amides is 1. The van der Waals surface area contributed by atoms with E-state index in [1.54, 1.807) is 31.2 Å². The molecular weight excluding hydrogens is 366 g/mol. The van der Waals surface area contributed by atoms with Crippen molar-refractivity contribution in [1.29, 1.82) is 0 Å². The van der Waals surface area contributed by atoms with Gasteiger partial charge in [0, 0.05) is 11.3 Å². The lowest BCUT2D eigenvalue weighted by Crippen LogP contribution is -2.28. The summed E-state index contributed by atoms with van der Waals surface area (Å²) in [7, 11) is 0. The van der Waals surface area contributed by atoms with Crippen molar-refractivity contribution in [3.8, 4) is 0 Å². The van der Waals surface area contributed by atoms with Gasteiger partial charge >= 0.3 is 0 Å². The highest BCUT2D eigenvalue weighted by Gasteiger charge is 2.33. The van der Waals surface area contributed by atoms with Crippen LogP contribution in [0.25, 0.3) is 0 Å². The van der Waals surface area contributed by atoms with E-state index in [1.807, 2.05) is 13.0 Å². The molecule has 0 saturated heterocycles. The third-order valence-corrected chi connectivity index (χ3v) is 4.79. The molecule has 1 aliphatic heterocycles. The van der Waals surface area contributed by atoms with Gasteiger partial charge in [0.25, 0.3) is 5.91 Å². The molecule has 2 heterocycles. The molecule has 0 unspecified atom stereocenters. The molecule has 1 aliphatic rings. The number of carboxylic acid groups (broad SMARTS) is 1. The maximum atomic E-state index is 12.7. The van der Waals surface area contributed by atoms with Crippen LogP contribution in [-0.2, 0) is 16.0 Å². The molecule has 0 saturated carbocycles. The van der Waals surface area contributed by atoms with Gasteiger partial charge in [0.05, 0.1) is 23.3 Å². The van der Waals surface area contributed by atoms with Crippen molar-refractivity contribution in [3.05, 3.63) is 47.1 Å². The molecule has 0 aliphatic carbocycles. The van der Waals surface area contributed by atoms with Crippen LogP contribution in [0.4, 0.5) is 5.69 Å². The van der Waals surface area contributed by atoms with Crippen LogP contribution >= 0.6 is 11.8 Å². The highest BCUT2D eigenvalue weighted by molar-refractivity contribution is 8.03. The number of hydrazone groups is 1. The van der Waals surface area contributed by atoms with Crippen molar-refractivity contribution in [2.75, 3.05) is 5.01 Å². The third kappa shape index (κ3) is 4.25. The monoisotopic (exact) mass is 384 g/mol. The lowest BCUT2D eigenvalue weighted by Gasteiger charge is -2.13. The van der Waals surface area contributed by atoms with Crippen molar-refractivity contribution in [1.82, 2.24) is 15.2 Å². The molecule has 1 atom stereocenters. The Bertz CT molecular complexity index is 907. The number of aliphatic carboxylic acids is 1. The van der Waals surface area contributed by atoms with Gasteiger partial charge in [-0.15, -0.1) is 5.10 Å². The molecule has 1 amide bonds. The number of hydrogen-bond donors (Lipinski definition) is 1. The van der Waals surface area contributed by atoms with E-state index in [2.05, 4.69) is 20.3 Å². The average Bonchev–Trinajstić information content (AvgIpc) is 3.21. The number of benzene rings is 1. The number of aromatic nitrogens is 3. The first-order valence-corrected chi connectivity index (χ1v) is 9.27. The average molecular weight is 384 g/mol. The predicted octanol–water partition coefficient (Wildman–Crippen LogP) is 1.52. The number of carbonyl (C=O) groups is 2. The van der Waals surface area contributed by atoms with E-state index in [-0.39, 0.29) is 16.0 Å². The predicted molar refractivity (Wildman–Crippen MR) is 99.9 cm³/mol. The second-order valence-electron chi connectivity index (χ2n) is 5.94. The number of para-hydroxylation sites is 1. The molecule has 0 bridgehead atoms. The van der Waals surface area contributed by atoms with Gasteiger partial charge in [-0.2, -0.15) is 10.1 Å². The number of aryl methyl sites for hydroxylation is 1. The van der Waals surface area contributed by atoms with Crippen LogP contribution in [0.1, 0.15) is 26.1 Å². The number of nitrogens with zero attached hydrogens (tertiary/aromatic N) is 4. The number of rotatable bonds is 7. The Balaban J connectivity index is 1.82. The van der Waals surface area contributed by atoms with Gasteiger partial charge in [0.15, 0.2) is 0 Å². The zero-order valence-corrected chi connectivity index (χ0v) is 15.7. The van der Waals surface area contributed by atoms with Gasteiger partial charge in [-0.1, -0.05) is 31.2 Å².